The van der Waals surface area contributed by atoms with Gasteiger partial charge in [0.05, 0.1) is 14.2 Å². The second kappa shape index (κ2) is 9.62. The van der Waals surface area contributed by atoms with Crippen molar-refractivity contribution in [2.45, 2.75) is 32.9 Å². The highest BCUT2D eigenvalue weighted by atomic mass is 16.5. The fourth-order valence-electron chi connectivity index (χ4n) is 2.46. The molecule has 0 aromatic heterocycles. The Bertz CT molecular complexity index is 787. The minimum atomic E-state index is -0.210. The zero-order chi connectivity index (χ0) is 19.8. The Morgan fingerprint density at radius 2 is 1.52 bits per heavy atom. The van der Waals surface area contributed by atoms with Crippen molar-refractivity contribution < 1.29 is 19.1 Å². The van der Waals surface area contributed by atoms with Gasteiger partial charge < -0.3 is 20.1 Å². The van der Waals surface area contributed by atoms with Crippen LogP contribution in [0.25, 0.3) is 0 Å². The molecular weight excluding hydrogens is 344 g/mol. The van der Waals surface area contributed by atoms with E-state index in [-0.39, 0.29) is 17.9 Å². The predicted octanol–water partition coefficient (Wildman–Crippen LogP) is 3.16. The molecule has 6 heteroatoms. The molecular formula is C21H26N2O4. The van der Waals surface area contributed by atoms with E-state index in [2.05, 4.69) is 10.6 Å². The second-order valence-corrected chi connectivity index (χ2v) is 6.23. The summed E-state index contributed by atoms with van der Waals surface area (Å²) in [6.45, 7) is 4.32. The average Bonchev–Trinajstić information content (AvgIpc) is 2.71. The van der Waals surface area contributed by atoms with Gasteiger partial charge in [-0.05, 0) is 55.3 Å². The van der Waals surface area contributed by atoms with Gasteiger partial charge in [-0.25, -0.2) is 0 Å². The maximum absolute atomic E-state index is 12.3. The number of carbonyl (C=O) groups excluding carboxylic acids is 2. The van der Waals surface area contributed by atoms with E-state index < -0.39 is 0 Å². The van der Waals surface area contributed by atoms with Crippen LogP contribution in [-0.2, 0) is 6.54 Å². The molecule has 2 amide bonds. The van der Waals surface area contributed by atoms with Crippen molar-refractivity contribution in [3.8, 4) is 11.5 Å². The van der Waals surface area contributed by atoms with Crippen LogP contribution < -0.4 is 20.1 Å². The molecule has 0 heterocycles. The van der Waals surface area contributed by atoms with Gasteiger partial charge in [0.25, 0.3) is 11.8 Å². The summed E-state index contributed by atoms with van der Waals surface area (Å²) in [4.78, 5) is 24.4. The summed E-state index contributed by atoms with van der Waals surface area (Å²) in [6, 6.07) is 12.2. The minimum absolute atomic E-state index is 0.113. The summed E-state index contributed by atoms with van der Waals surface area (Å²) >= 11 is 0. The summed E-state index contributed by atoms with van der Waals surface area (Å²) < 4.78 is 10.5. The highest BCUT2D eigenvalue weighted by Gasteiger charge is 2.11. The molecule has 2 aromatic rings. The lowest BCUT2D eigenvalue weighted by Gasteiger charge is -2.12. The number of hydrogen-bond donors (Lipinski definition) is 2. The van der Waals surface area contributed by atoms with E-state index in [0.29, 0.717) is 29.2 Å². The van der Waals surface area contributed by atoms with Crippen LogP contribution in [0.4, 0.5) is 0 Å². The largest absolute Gasteiger partial charge is 0.493 e. The van der Waals surface area contributed by atoms with Gasteiger partial charge in [-0.3, -0.25) is 9.59 Å². The molecule has 0 aliphatic rings. The lowest BCUT2D eigenvalue weighted by molar-refractivity contribution is 0.0931. The molecule has 1 unspecified atom stereocenters. The van der Waals surface area contributed by atoms with Crippen molar-refractivity contribution in [3.63, 3.8) is 0 Å². The van der Waals surface area contributed by atoms with Crippen LogP contribution >= 0.6 is 0 Å². The van der Waals surface area contributed by atoms with Gasteiger partial charge in [-0.1, -0.05) is 13.0 Å². The van der Waals surface area contributed by atoms with Crippen LogP contribution in [0.2, 0.25) is 0 Å². The van der Waals surface area contributed by atoms with E-state index in [1.165, 1.54) is 0 Å². The Kier molecular flexibility index (Phi) is 7.23. The van der Waals surface area contributed by atoms with E-state index in [1.807, 2.05) is 26.0 Å². The highest BCUT2D eigenvalue weighted by molar-refractivity contribution is 5.97. The van der Waals surface area contributed by atoms with Crippen LogP contribution in [-0.4, -0.2) is 32.1 Å². The van der Waals surface area contributed by atoms with Crippen molar-refractivity contribution in [2.75, 3.05) is 14.2 Å². The third-order valence-electron chi connectivity index (χ3n) is 4.30. The third-order valence-corrected chi connectivity index (χ3v) is 4.30. The summed E-state index contributed by atoms with van der Waals surface area (Å²) in [5.41, 5.74) is 1.92. The Labute approximate surface area is 159 Å². The van der Waals surface area contributed by atoms with Gasteiger partial charge >= 0.3 is 0 Å². The number of carbonyl (C=O) groups is 2. The molecule has 0 saturated heterocycles. The van der Waals surface area contributed by atoms with Gasteiger partial charge in [-0.2, -0.15) is 0 Å². The van der Waals surface area contributed by atoms with E-state index >= 15 is 0 Å². The Morgan fingerprint density at radius 3 is 2.07 bits per heavy atom. The molecule has 0 saturated carbocycles. The number of rotatable bonds is 8. The fraction of sp³-hybridized carbons (Fsp3) is 0.333. The molecule has 0 radical (unpaired) electrons. The first kappa shape index (κ1) is 20.3. The van der Waals surface area contributed by atoms with E-state index in [4.69, 9.17) is 9.47 Å². The molecule has 2 aromatic carbocycles. The maximum atomic E-state index is 12.3. The first-order valence-electron chi connectivity index (χ1n) is 8.88. The lowest BCUT2D eigenvalue weighted by atomic mass is 10.1. The third kappa shape index (κ3) is 5.48. The molecule has 0 bridgehead atoms. The number of hydrogen-bond acceptors (Lipinski definition) is 4. The zero-order valence-corrected chi connectivity index (χ0v) is 16.2. The molecule has 1 atom stereocenters. The van der Waals surface area contributed by atoms with E-state index in [9.17, 15) is 9.59 Å². The summed E-state index contributed by atoms with van der Waals surface area (Å²) in [5, 5.41) is 5.76. The van der Waals surface area contributed by atoms with Crippen LogP contribution in [0.1, 0.15) is 46.5 Å². The molecule has 2 N–H and O–H groups in total. The number of nitrogens with one attached hydrogen (secondary N) is 2. The van der Waals surface area contributed by atoms with Gasteiger partial charge in [0, 0.05) is 23.7 Å². The molecule has 0 aliphatic carbocycles. The highest BCUT2D eigenvalue weighted by Crippen LogP contribution is 2.27. The normalized spacial score (nSPS) is 11.4. The van der Waals surface area contributed by atoms with Crippen LogP contribution in [0, 0.1) is 0 Å². The second-order valence-electron chi connectivity index (χ2n) is 6.23. The van der Waals surface area contributed by atoms with Crippen molar-refractivity contribution in [2.24, 2.45) is 0 Å². The standard InChI is InChI=1S/C21H26N2O4/c1-5-14(2)23-21(25)17-9-7-16(8-10-17)20(24)22-13-15-6-11-18(26-3)19(12-15)27-4/h6-12,14H,5,13H2,1-4H3,(H,22,24)(H,23,25). The fourth-order valence-corrected chi connectivity index (χ4v) is 2.46. The number of ether oxygens (including phenoxy) is 2. The number of amides is 2. The van der Waals surface area contributed by atoms with E-state index in [1.54, 1.807) is 44.6 Å². The van der Waals surface area contributed by atoms with Crippen molar-refractivity contribution in [3.05, 3.63) is 59.2 Å². The molecule has 0 fully saturated rings. The molecule has 27 heavy (non-hydrogen) atoms. The molecule has 144 valence electrons. The molecule has 2 rings (SSSR count). The van der Waals surface area contributed by atoms with E-state index in [0.717, 1.165) is 12.0 Å². The minimum Gasteiger partial charge on any atom is -0.493 e. The predicted molar refractivity (Wildman–Crippen MR) is 104 cm³/mol. The average molecular weight is 370 g/mol. The zero-order valence-electron chi connectivity index (χ0n) is 16.2. The van der Waals surface area contributed by atoms with Crippen molar-refractivity contribution in [1.82, 2.24) is 10.6 Å². The maximum Gasteiger partial charge on any atom is 0.251 e. The number of methoxy groups -OCH3 is 2. The lowest BCUT2D eigenvalue weighted by Crippen LogP contribution is -2.32. The van der Waals surface area contributed by atoms with Crippen LogP contribution in [0.5, 0.6) is 11.5 Å². The van der Waals surface area contributed by atoms with Gasteiger partial charge in [0.15, 0.2) is 11.5 Å². The molecule has 6 nitrogen and oxygen atoms in total. The summed E-state index contributed by atoms with van der Waals surface area (Å²) in [7, 11) is 3.14. The topological polar surface area (TPSA) is 76.7 Å². The summed E-state index contributed by atoms with van der Waals surface area (Å²) in [6.07, 6.45) is 0.863. The smallest absolute Gasteiger partial charge is 0.251 e. The van der Waals surface area contributed by atoms with Crippen LogP contribution in [0.15, 0.2) is 42.5 Å². The molecule has 0 spiro atoms. The first-order valence-corrected chi connectivity index (χ1v) is 8.88. The SMILES string of the molecule is CCC(C)NC(=O)c1ccc(C(=O)NCc2ccc(OC)c(OC)c2)cc1. The van der Waals surface area contributed by atoms with Gasteiger partial charge in [0.2, 0.25) is 0 Å². The van der Waals surface area contributed by atoms with Crippen molar-refractivity contribution in [1.29, 1.82) is 0 Å². The monoisotopic (exact) mass is 370 g/mol. The quantitative estimate of drug-likeness (QED) is 0.748. The molecule has 0 aliphatic heterocycles. The Hall–Kier alpha value is -3.02. The van der Waals surface area contributed by atoms with Gasteiger partial charge in [0.1, 0.15) is 0 Å². The van der Waals surface area contributed by atoms with Crippen LogP contribution in [0.3, 0.4) is 0 Å². The number of benzene rings is 2. The Balaban J connectivity index is 1.97. The summed E-state index contributed by atoms with van der Waals surface area (Å²) in [5.74, 6) is 0.903. The Morgan fingerprint density at radius 1 is 0.926 bits per heavy atom. The van der Waals surface area contributed by atoms with Gasteiger partial charge in [-0.15, -0.1) is 0 Å². The first-order chi connectivity index (χ1) is 13.0. The van der Waals surface area contributed by atoms with Crippen molar-refractivity contribution >= 4 is 11.8 Å².